The van der Waals surface area contributed by atoms with Crippen molar-refractivity contribution in [3.8, 4) is 0 Å². The Hall–Kier alpha value is -2.88. The first-order chi connectivity index (χ1) is 13.2. The van der Waals surface area contributed by atoms with E-state index in [4.69, 9.17) is 11.6 Å². The fourth-order valence-corrected chi connectivity index (χ4v) is 4.85. The van der Waals surface area contributed by atoms with Crippen LogP contribution in [0.5, 0.6) is 0 Å². The molecule has 0 aliphatic rings. The van der Waals surface area contributed by atoms with Crippen molar-refractivity contribution in [2.24, 2.45) is 0 Å². The van der Waals surface area contributed by atoms with Crippen LogP contribution >= 0.6 is 22.9 Å². The van der Waals surface area contributed by atoms with Gasteiger partial charge in [0.15, 0.2) is 0 Å². The number of carbonyl (C=O) groups is 1. The van der Waals surface area contributed by atoms with Crippen molar-refractivity contribution in [2.45, 2.75) is 0 Å². The van der Waals surface area contributed by atoms with Gasteiger partial charge in [0, 0.05) is 15.8 Å². The number of nitrogens with one attached hydrogen (secondary N) is 1. The summed E-state index contributed by atoms with van der Waals surface area (Å²) in [6.07, 6.45) is 0. The molecule has 0 fully saturated rings. The quantitative estimate of drug-likeness (QED) is 0.321. The first kappa shape index (κ1) is 16.3. The molecule has 1 aromatic heterocycles. The third kappa shape index (κ3) is 2.76. The van der Waals surface area contributed by atoms with E-state index in [2.05, 4.69) is 35.6 Å². The number of benzene rings is 4. The average Bonchev–Trinajstić information content (AvgIpc) is 3.05. The summed E-state index contributed by atoms with van der Waals surface area (Å²) < 4.78 is 1.01. The molecule has 0 saturated carbocycles. The number of halogens is 1. The molecular formula is C23H14ClNOS. The topological polar surface area (TPSA) is 29.1 Å². The van der Waals surface area contributed by atoms with Crippen LogP contribution in [0.3, 0.4) is 0 Å². The van der Waals surface area contributed by atoms with Gasteiger partial charge < -0.3 is 5.32 Å². The monoisotopic (exact) mass is 387 g/mol. The lowest BCUT2D eigenvalue weighted by atomic mass is 10.0. The van der Waals surface area contributed by atoms with Crippen LogP contribution in [0.4, 0.5) is 5.69 Å². The van der Waals surface area contributed by atoms with Gasteiger partial charge in [0.2, 0.25) is 0 Å². The number of thiophene rings is 1. The maximum atomic E-state index is 12.8. The summed E-state index contributed by atoms with van der Waals surface area (Å²) >= 11 is 7.84. The Labute approximate surface area is 165 Å². The first-order valence-electron chi connectivity index (χ1n) is 8.60. The van der Waals surface area contributed by atoms with Gasteiger partial charge in [-0.05, 0) is 39.7 Å². The minimum absolute atomic E-state index is 0.179. The highest BCUT2D eigenvalue weighted by Crippen LogP contribution is 2.36. The van der Waals surface area contributed by atoms with Gasteiger partial charge in [-0.1, -0.05) is 72.3 Å². The zero-order chi connectivity index (χ0) is 18.4. The minimum atomic E-state index is -0.179. The summed E-state index contributed by atoms with van der Waals surface area (Å²) in [5.74, 6) is -0.179. The molecule has 4 heteroatoms. The number of carbonyl (C=O) groups excluding carboxylic acids is 1. The van der Waals surface area contributed by atoms with Crippen LogP contribution in [0.1, 0.15) is 9.67 Å². The van der Waals surface area contributed by atoms with Crippen molar-refractivity contribution >= 4 is 66.2 Å². The molecule has 0 unspecified atom stereocenters. The largest absolute Gasteiger partial charge is 0.321 e. The molecule has 2 nitrogen and oxygen atoms in total. The lowest BCUT2D eigenvalue weighted by molar-refractivity contribution is 0.103. The van der Waals surface area contributed by atoms with Crippen LogP contribution < -0.4 is 5.32 Å². The van der Waals surface area contributed by atoms with Gasteiger partial charge >= 0.3 is 0 Å². The van der Waals surface area contributed by atoms with E-state index in [9.17, 15) is 4.79 Å². The average molecular weight is 388 g/mol. The second kappa shape index (κ2) is 6.38. The van der Waals surface area contributed by atoms with Gasteiger partial charge in [-0.25, -0.2) is 0 Å². The Bertz CT molecular complexity index is 1340. The molecule has 1 amide bonds. The van der Waals surface area contributed by atoms with E-state index < -0.39 is 0 Å². The predicted octanol–water partition coefficient (Wildman–Crippen LogP) is 7.11. The van der Waals surface area contributed by atoms with Crippen molar-refractivity contribution in [1.29, 1.82) is 0 Å². The Balaban J connectivity index is 1.52. The third-order valence-electron chi connectivity index (χ3n) is 4.74. The van der Waals surface area contributed by atoms with E-state index in [1.54, 1.807) is 0 Å². The number of anilines is 1. The van der Waals surface area contributed by atoms with Crippen LogP contribution in [0.15, 0.2) is 78.9 Å². The zero-order valence-electron chi connectivity index (χ0n) is 14.2. The summed E-state index contributed by atoms with van der Waals surface area (Å²) in [5, 5.41) is 9.10. The highest BCUT2D eigenvalue weighted by molar-refractivity contribution is 7.21. The molecule has 0 saturated heterocycles. The van der Waals surface area contributed by atoms with E-state index in [1.807, 2.05) is 48.5 Å². The Morgan fingerprint density at radius 3 is 2.33 bits per heavy atom. The predicted molar refractivity (Wildman–Crippen MR) is 116 cm³/mol. The molecule has 5 rings (SSSR count). The SMILES string of the molecule is O=C(Nc1ccc2c(ccc3ccccc32)c1)c1sc2ccccc2c1Cl. The van der Waals surface area contributed by atoms with Gasteiger partial charge in [0.05, 0.1) is 5.02 Å². The third-order valence-corrected chi connectivity index (χ3v) is 6.42. The van der Waals surface area contributed by atoms with Crippen molar-refractivity contribution in [1.82, 2.24) is 0 Å². The fraction of sp³-hybridized carbons (Fsp3) is 0. The molecule has 27 heavy (non-hydrogen) atoms. The normalized spacial score (nSPS) is 11.3. The zero-order valence-corrected chi connectivity index (χ0v) is 15.8. The lowest BCUT2D eigenvalue weighted by Gasteiger charge is -2.08. The van der Waals surface area contributed by atoms with Crippen molar-refractivity contribution in [2.75, 3.05) is 5.32 Å². The van der Waals surface area contributed by atoms with Crippen LogP contribution in [0.25, 0.3) is 31.6 Å². The highest BCUT2D eigenvalue weighted by atomic mass is 35.5. The molecule has 0 aliphatic heterocycles. The van der Waals surface area contributed by atoms with E-state index in [0.29, 0.717) is 9.90 Å². The summed E-state index contributed by atoms with van der Waals surface area (Å²) in [7, 11) is 0. The molecule has 0 atom stereocenters. The number of hydrogen-bond acceptors (Lipinski definition) is 2. The molecule has 0 radical (unpaired) electrons. The second-order valence-corrected chi connectivity index (χ2v) is 7.85. The maximum Gasteiger partial charge on any atom is 0.267 e. The molecule has 5 aromatic rings. The summed E-state index contributed by atoms with van der Waals surface area (Å²) in [4.78, 5) is 13.3. The van der Waals surface area contributed by atoms with Gasteiger partial charge in [0.25, 0.3) is 5.91 Å². The minimum Gasteiger partial charge on any atom is -0.321 e. The number of fused-ring (bicyclic) bond motifs is 4. The van der Waals surface area contributed by atoms with Crippen molar-refractivity contribution in [3.05, 3.63) is 88.8 Å². The molecule has 1 N–H and O–H groups in total. The molecule has 0 spiro atoms. The summed E-state index contributed by atoms with van der Waals surface area (Å²) in [5.41, 5.74) is 0.760. The van der Waals surface area contributed by atoms with Crippen LogP contribution in [-0.2, 0) is 0 Å². The van der Waals surface area contributed by atoms with Gasteiger partial charge in [0.1, 0.15) is 4.88 Å². The maximum absolute atomic E-state index is 12.8. The van der Waals surface area contributed by atoms with Crippen LogP contribution in [0.2, 0.25) is 5.02 Å². The van der Waals surface area contributed by atoms with Crippen LogP contribution in [-0.4, -0.2) is 5.91 Å². The summed E-state index contributed by atoms with van der Waals surface area (Å²) in [6.45, 7) is 0. The smallest absolute Gasteiger partial charge is 0.267 e. The van der Waals surface area contributed by atoms with Gasteiger partial charge in [-0.3, -0.25) is 4.79 Å². The number of rotatable bonds is 2. The number of hydrogen-bond donors (Lipinski definition) is 1. The van der Waals surface area contributed by atoms with E-state index in [1.165, 1.54) is 27.5 Å². The standard InChI is InChI=1S/C23H14ClNOS/c24-21-19-7-3-4-8-20(19)27-22(21)23(26)25-16-11-12-18-15(13-16)10-9-14-5-1-2-6-17(14)18/h1-13H,(H,25,26). The summed E-state index contributed by atoms with van der Waals surface area (Å²) in [6, 6.07) is 26.3. The molecular weight excluding hydrogens is 374 g/mol. The first-order valence-corrected chi connectivity index (χ1v) is 9.80. The van der Waals surface area contributed by atoms with E-state index >= 15 is 0 Å². The molecule has 0 aliphatic carbocycles. The molecule has 4 aromatic carbocycles. The van der Waals surface area contributed by atoms with E-state index in [0.717, 1.165) is 21.2 Å². The Morgan fingerprint density at radius 2 is 1.48 bits per heavy atom. The second-order valence-electron chi connectivity index (χ2n) is 6.42. The molecule has 1 heterocycles. The van der Waals surface area contributed by atoms with Gasteiger partial charge in [-0.2, -0.15) is 0 Å². The lowest BCUT2D eigenvalue weighted by Crippen LogP contribution is -2.10. The molecule has 130 valence electrons. The molecule has 0 bridgehead atoms. The number of amides is 1. The Kier molecular flexibility index (Phi) is 3.85. The van der Waals surface area contributed by atoms with Crippen molar-refractivity contribution < 1.29 is 4.79 Å². The van der Waals surface area contributed by atoms with Gasteiger partial charge in [-0.15, -0.1) is 11.3 Å². The van der Waals surface area contributed by atoms with E-state index in [-0.39, 0.29) is 5.91 Å². The fourth-order valence-electron chi connectivity index (χ4n) is 3.44. The van der Waals surface area contributed by atoms with Crippen molar-refractivity contribution in [3.63, 3.8) is 0 Å². The Morgan fingerprint density at radius 1 is 0.778 bits per heavy atom. The van der Waals surface area contributed by atoms with Crippen LogP contribution in [0, 0.1) is 0 Å². The highest BCUT2D eigenvalue weighted by Gasteiger charge is 2.17.